The molecular formula is C19H17F6NO5. The summed E-state index contributed by atoms with van der Waals surface area (Å²) in [5, 5.41) is 18.1. The van der Waals surface area contributed by atoms with Gasteiger partial charge in [0.15, 0.2) is 0 Å². The molecule has 0 saturated carbocycles. The first-order chi connectivity index (χ1) is 14.1. The van der Waals surface area contributed by atoms with Crippen LogP contribution < -0.4 is 0 Å². The number of hydroxylamine groups is 2. The van der Waals surface area contributed by atoms with Gasteiger partial charge in [0.2, 0.25) is 0 Å². The maximum Gasteiger partial charge on any atom is 0.416 e. The van der Waals surface area contributed by atoms with Crippen molar-refractivity contribution in [2.45, 2.75) is 19.3 Å². The minimum absolute atomic E-state index is 0.0540. The van der Waals surface area contributed by atoms with Gasteiger partial charge >= 0.3 is 18.3 Å². The van der Waals surface area contributed by atoms with Gasteiger partial charge in [0, 0.05) is 12.6 Å². The second-order valence-electron chi connectivity index (χ2n) is 6.14. The smallest absolute Gasteiger partial charge is 0.416 e. The quantitative estimate of drug-likeness (QED) is 0.517. The molecule has 0 bridgehead atoms. The summed E-state index contributed by atoms with van der Waals surface area (Å²) in [7, 11) is 2.59. The summed E-state index contributed by atoms with van der Waals surface area (Å²) in [5.74, 6) is -2.87. The van der Waals surface area contributed by atoms with Crippen LogP contribution in [0.4, 0.5) is 26.3 Å². The lowest BCUT2D eigenvalue weighted by atomic mass is 10.1. The molecule has 1 amide bonds. The zero-order chi connectivity index (χ0) is 24.1. The maximum atomic E-state index is 12.5. The van der Waals surface area contributed by atoms with Gasteiger partial charge in [-0.1, -0.05) is 0 Å². The Morgan fingerprint density at radius 1 is 0.871 bits per heavy atom. The minimum Gasteiger partial charge on any atom is -0.508 e. The van der Waals surface area contributed by atoms with Crippen LogP contribution in [-0.4, -0.2) is 41.3 Å². The van der Waals surface area contributed by atoms with Crippen LogP contribution in [0.25, 0.3) is 0 Å². The monoisotopic (exact) mass is 453 g/mol. The first kappa shape index (κ1) is 25.8. The highest BCUT2D eigenvalue weighted by molar-refractivity contribution is 5.93. The van der Waals surface area contributed by atoms with E-state index in [2.05, 4.69) is 4.84 Å². The van der Waals surface area contributed by atoms with Crippen molar-refractivity contribution in [3.63, 3.8) is 0 Å². The van der Waals surface area contributed by atoms with E-state index < -0.39 is 46.7 Å². The number of carboxylic acid groups (broad SMARTS) is 1. The molecule has 0 fully saturated rings. The number of phenolic OH excluding ortho intramolecular Hbond substituents is 1. The number of nitrogens with zero attached hydrogens (tertiary/aromatic N) is 1. The van der Waals surface area contributed by atoms with Crippen LogP contribution in [0.2, 0.25) is 0 Å². The van der Waals surface area contributed by atoms with Gasteiger partial charge in [-0.15, -0.1) is 0 Å². The number of carbonyl (C=O) groups is 2. The maximum absolute atomic E-state index is 12.5. The second kappa shape index (κ2) is 9.69. The van der Waals surface area contributed by atoms with Crippen LogP contribution in [0.3, 0.4) is 0 Å². The third kappa shape index (κ3) is 7.48. The lowest BCUT2D eigenvalue weighted by Crippen LogP contribution is -2.25. The Kier molecular flexibility index (Phi) is 8.05. The van der Waals surface area contributed by atoms with Gasteiger partial charge in [0.25, 0.3) is 5.91 Å². The Labute approximate surface area is 172 Å². The number of phenols is 1. The first-order valence-corrected chi connectivity index (χ1v) is 8.22. The molecule has 0 aliphatic rings. The number of carbonyl (C=O) groups excluding carboxylic acids is 1. The molecule has 0 saturated heterocycles. The summed E-state index contributed by atoms with van der Waals surface area (Å²) in [6.45, 7) is 1.50. The fourth-order valence-electron chi connectivity index (χ4n) is 2.23. The molecule has 2 aromatic carbocycles. The number of benzene rings is 2. The van der Waals surface area contributed by atoms with E-state index in [-0.39, 0.29) is 5.56 Å². The molecular weight excluding hydrogens is 436 g/mol. The minimum atomic E-state index is -4.66. The predicted octanol–water partition coefficient (Wildman–Crippen LogP) is 4.76. The standard InChI is InChI=1S/C11H12F3NO2.C8H5F3O3/c1-7-4-8(10(16)15(2)17-3)6-9(5-7)11(12,13)14;9-8(10,11)5-1-4(7(13)14)2-6(12)3-5/h4-6H,1-3H3;1-3,12H,(H,13,14). The van der Waals surface area contributed by atoms with E-state index in [0.717, 1.165) is 23.3 Å². The molecule has 6 nitrogen and oxygen atoms in total. The van der Waals surface area contributed by atoms with Crippen molar-refractivity contribution in [1.82, 2.24) is 5.06 Å². The number of aromatic hydroxyl groups is 1. The van der Waals surface area contributed by atoms with Gasteiger partial charge in [0.05, 0.1) is 23.8 Å². The molecule has 31 heavy (non-hydrogen) atoms. The Morgan fingerprint density at radius 3 is 1.81 bits per heavy atom. The molecule has 0 atom stereocenters. The molecule has 12 heteroatoms. The van der Waals surface area contributed by atoms with E-state index in [1.807, 2.05) is 0 Å². The van der Waals surface area contributed by atoms with E-state index in [0.29, 0.717) is 17.7 Å². The van der Waals surface area contributed by atoms with Gasteiger partial charge in [-0.05, 0) is 48.9 Å². The number of hydrogen-bond donors (Lipinski definition) is 2. The average Bonchev–Trinajstić information content (AvgIpc) is 2.64. The Balaban J connectivity index is 0.000000316. The molecule has 2 aromatic rings. The van der Waals surface area contributed by atoms with Crippen molar-refractivity contribution < 1.29 is 51.0 Å². The van der Waals surface area contributed by atoms with Gasteiger partial charge in [-0.3, -0.25) is 9.63 Å². The first-order valence-electron chi connectivity index (χ1n) is 8.22. The van der Waals surface area contributed by atoms with Gasteiger partial charge in [-0.25, -0.2) is 9.86 Å². The molecule has 0 radical (unpaired) electrons. The third-order valence-corrected chi connectivity index (χ3v) is 3.70. The van der Waals surface area contributed by atoms with Crippen LogP contribution in [0, 0.1) is 6.92 Å². The highest BCUT2D eigenvalue weighted by atomic mass is 19.4. The molecule has 0 aliphatic carbocycles. The summed E-state index contributed by atoms with van der Waals surface area (Å²) < 4.78 is 73.9. The fourth-order valence-corrected chi connectivity index (χ4v) is 2.23. The van der Waals surface area contributed by atoms with Crippen LogP contribution in [0.1, 0.15) is 37.4 Å². The average molecular weight is 453 g/mol. The van der Waals surface area contributed by atoms with Crippen molar-refractivity contribution in [2.75, 3.05) is 14.2 Å². The molecule has 170 valence electrons. The summed E-state index contributed by atoms with van der Waals surface area (Å²) >= 11 is 0. The van der Waals surface area contributed by atoms with E-state index in [1.165, 1.54) is 27.1 Å². The highest BCUT2D eigenvalue weighted by Crippen LogP contribution is 2.32. The van der Waals surface area contributed by atoms with Crippen LogP contribution in [0.5, 0.6) is 5.75 Å². The topological polar surface area (TPSA) is 87.1 Å². The lowest BCUT2D eigenvalue weighted by molar-refractivity contribution is -0.138. The number of hydrogen-bond acceptors (Lipinski definition) is 4. The fraction of sp³-hybridized carbons (Fsp3) is 0.263. The summed E-state index contributed by atoms with van der Waals surface area (Å²) in [5.41, 5.74) is -2.31. The largest absolute Gasteiger partial charge is 0.508 e. The van der Waals surface area contributed by atoms with Crippen molar-refractivity contribution >= 4 is 11.9 Å². The normalized spacial score (nSPS) is 11.4. The second-order valence-corrected chi connectivity index (χ2v) is 6.14. The van der Waals surface area contributed by atoms with Gasteiger partial charge in [-0.2, -0.15) is 26.3 Å². The predicted molar refractivity (Wildman–Crippen MR) is 95.4 cm³/mol. The number of alkyl halides is 6. The Hall–Kier alpha value is -3.28. The SMILES string of the molecule is CON(C)C(=O)c1cc(C)cc(C(F)(F)F)c1.O=C(O)c1cc(O)cc(C(F)(F)F)c1. The van der Waals surface area contributed by atoms with Crippen molar-refractivity contribution in [1.29, 1.82) is 0 Å². The van der Waals surface area contributed by atoms with Crippen LogP contribution >= 0.6 is 0 Å². The summed E-state index contributed by atoms with van der Waals surface area (Å²) in [6, 6.07) is 4.85. The zero-order valence-corrected chi connectivity index (χ0v) is 16.3. The molecule has 0 aliphatic heterocycles. The van der Waals surface area contributed by atoms with E-state index in [1.54, 1.807) is 0 Å². The zero-order valence-electron chi connectivity index (χ0n) is 16.3. The number of aryl methyl sites for hydroxylation is 1. The van der Waals surface area contributed by atoms with E-state index in [4.69, 9.17) is 10.2 Å². The molecule has 0 aromatic heterocycles. The van der Waals surface area contributed by atoms with Gasteiger partial charge < -0.3 is 10.2 Å². The summed E-state index contributed by atoms with van der Waals surface area (Å²) in [6.07, 6.45) is -9.13. The number of rotatable bonds is 3. The Bertz CT molecular complexity index is 956. The van der Waals surface area contributed by atoms with Crippen LogP contribution in [0.15, 0.2) is 36.4 Å². The molecule has 0 spiro atoms. The molecule has 2 N–H and O–H groups in total. The molecule has 0 heterocycles. The number of amides is 1. The van der Waals surface area contributed by atoms with Crippen molar-refractivity contribution in [2.24, 2.45) is 0 Å². The number of aromatic carboxylic acids is 1. The number of halogens is 6. The third-order valence-electron chi connectivity index (χ3n) is 3.70. The number of carboxylic acids is 1. The lowest BCUT2D eigenvalue weighted by Gasteiger charge is -2.15. The van der Waals surface area contributed by atoms with Crippen molar-refractivity contribution in [3.05, 3.63) is 64.2 Å². The van der Waals surface area contributed by atoms with Crippen LogP contribution in [-0.2, 0) is 17.2 Å². The van der Waals surface area contributed by atoms with E-state index >= 15 is 0 Å². The summed E-state index contributed by atoms with van der Waals surface area (Å²) in [4.78, 5) is 26.6. The highest BCUT2D eigenvalue weighted by Gasteiger charge is 2.32. The van der Waals surface area contributed by atoms with Gasteiger partial charge in [0.1, 0.15) is 5.75 Å². The van der Waals surface area contributed by atoms with Crippen molar-refractivity contribution in [3.8, 4) is 5.75 Å². The molecule has 0 unspecified atom stereocenters. The van der Waals surface area contributed by atoms with E-state index in [9.17, 15) is 35.9 Å². The Morgan fingerprint density at radius 2 is 1.35 bits per heavy atom. The molecule has 2 rings (SSSR count).